The largest absolute Gasteiger partial charge is 0.378 e. The van der Waals surface area contributed by atoms with Crippen LogP contribution in [0.1, 0.15) is 12.5 Å². The van der Waals surface area contributed by atoms with Crippen molar-refractivity contribution in [1.29, 1.82) is 0 Å². The highest BCUT2D eigenvalue weighted by Crippen LogP contribution is 2.31. The number of nitrogens with zero attached hydrogens (tertiary/aromatic N) is 4. The van der Waals surface area contributed by atoms with Gasteiger partial charge in [-0.1, -0.05) is 24.8 Å². The molecule has 0 bridgehead atoms. The van der Waals surface area contributed by atoms with Crippen LogP contribution in [0, 0.1) is 5.82 Å². The Bertz CT molecular complexity index is 1150. The van der Waals surface area contributed by atoms with Crippen LogP contribution in [0.3, 0.4) is 0 Å². The van der Waals surface area contributed by atoms with E-state index in [0.717, 1.165) is 54.2 Å². The Kier molecular flexibility index (Phi) is 6.48. The van der Waals surface area contributed by atoms with Crippen molar-refractivity contribution in [2.75, 3.05) is 31.2 Å². The van der Waals surface area contributed by atoms with Crippen molar-refractivity contribution in [1.82, 2.24) is 9.97 Å². The molecule has 2 heterocycles. The van der Waals surface area contributed by atoms with Gasteiger partial charge in [-0.15, -0.1) is 0 Å². The van der Waals surface area contributed by atoms with E-state index in [1.807, 2.05) is 37.3 Å². The van der Waals surface area contributed by atoms with Crippen LogP contribution in [0.25, 0.3) is 22.2 Å². The van der Waals surface area contributed by atoms with Gasteiger partial charge in [0.05, 0.1) is 24.4 Å². The smallest absolute Gasteiger partial charge is 0.132 e. The van der Waals surface area contributed by atoms with Crippen LogP contribution >= 0.6 is 0 Å². The van der Waals surface area contributed by atoms with Gasteiger partial charge in [0, 0.05) is 48.1 Å². The van der Waals surface area contributed by atoms with Gasteiger partial charge in [-0.3, -0.25) is 4.99 Å². The van der Waals surface area contributed by atoms with Crippen LogP contribution in [0.15, 0.2) is 72.1 Å². The second-order valence-corrected chi connectivity index (χ2v) is 7.31. The molecule has 3 aromatic rings. The molecule has 0 amide bonds. The zero-order valence-corrected chi connectivity index (χ0v) is 17.6. The van der Waals surface area contributed by atoms with Crippen LogP contribution in [0.2, 0.25) is 0 Å². The topological polar surface area (TPSA) is 50.6 Å². The van der Waals surface area contributed by atoms with E-state index in [2.05, 4.69) is 26.4 Å². The van der Waals surface area contributed by atoms with Crippen molar-refractivity contribution in [3.63, 3.8) is 0 Å². The van der Waals surface area contributed by atoms with Crippen LogP contribution in [-0.4, -0.2) is 42.5 Å². The lowest BCUT2D eigenvalue weighted by atomic mass is 10.0. The minimum atomic E-state index is -0.308. The Labute approximate surface area is 181 Å². The lowest BCUT2D eigenvalue weighted by Crippen LogP contribution is -2.36. The van der Waals surface area contributed by atoms with E-state index >= 15 is 0 Å². The molecule has 5 nitrogen and oxygen atoms in total. The number of benzene rings is 2. The minimum absolute atomic E-state index is 0.308. The minimum Gasteiger partial charge on any atom is -0.378 e. The third-order valence-corrected chi connectivity index (χ3v) is 5.35. The summed E-state index contributed by atoms with van der Waals surface area (Å²) < 4.78 is 20.3. The van der Waals surface area contributed by atoms with Gasteiger partial charge in [0.2, 0.25) is 0 Å². The average Bonchev–Trinajstić information content (AvgIpc) is 2.82. The van der Waals surface area contributed by atoms with Gasteiger partial charge in [-0.25, -0.2) is 14.4 Å². The average molecular weight is 417 g/mol. The number of fused-ring (bicyclic) bond motifs is 1. The number of aromatic nitrogens is 2. The van der Waals surface area contributed by atoms with Gasteiger partial charge in [-0.05, 0) is 42.8 Å². The van der Waals surface area contributed by atoms with Crippen LogP contribution in [0.5, 0.6) is 0 Å². The summed E-state index contributed by atoms with van der Waals surface area (Å²) in [6.07, 6.45) is 7.33. The fraction of sp³-hybridized carbons (Fsp3) is 0.240. The molecule has 1 aromatic heterocycles. The fourth-order valence-electron chi connectivity index (χ4n) is 3.72. The Morgan fingerprint density at radius 2 is 2.03 bits per heavy atom. The number of morpholine rings is 1. The molecule has 0 spiro atoms. The van der Waals surface area contributed by atoms with E-state index in [-0.39, 0.29) is 5.82 Å². The SMILES string of the molecule is C=CC=N/C(=C\C)Cc1ccc(F)c(-c2ncnc3cc(N4CCOCC4)ccc23)c1. The summed E-state index contributed by atoms with van der Waals surface area (Å²) in [5.74, 6) is -0.308. The molecule has 0 atom stereocenters. The van der Waals surface area contributed by atoms with Crippen molar-refractivity contribution in [2.45, 2.75) is 13.3 Å². The Balaban J connectivity index is 1.70. The van der Waals surface area contributed by atoms with Gasteiger partial charge < -0.3 is 9.64 Å². The predicted molar refractivity (Wildman–Crippen MR) is 124 cm³/mol. The molecule has 2 aromatic carbocycles. The molecule has 0 radical (unpaired) electrons. The standard InChI is InChI=1S/C25H25FN4O/c1-3-9-27-19(4-2)14-18-5-8-23(26)22(15-18)25-21-7-6-20(16-24(21)28-17-29-25)30-10-12-31-13-11-30/h3-9,15-17H,1,10-14H2,2H3/b19-4-,27-9?. The van der Waals surface area contributed by atoms with Gasteiger partial charge in [0.25, 0.3) is 0 Å². The van der Waals surface area contributed by atoms with E-state index in [0.29, 0.717) is 17.7 Å². The summed E-state index contributed by atoms with van der Waals surface area (Å²) >= 11 is 0. The molecular formula is C25H25FN4O. The number of halogens is 1. The van der Waals surface area contributed by atoms with Gasteiger partial charge in [0.15, 0.2) is 0 Å². The third-order valence-electron chi connectivity index (χ3n) is 5.35. The van der Waals surface area contributed by atoms with Gasteiger partial charge >= 0.3 is 0 Å². The highest BCUT2D eigenvalue weighted by molar-refractivity contribution is 5.94. The van der Waals surface area contributed by atoms with Crippen LogP contribution in [0.4, 0.5) is 10.1 Å². The zero-order chi connectivity index (χ0) is 21.6. The third kappa shape index (κ3) is 4.70. The van der Waals surface area contributed by atoms with Crippen molar-refractivity contribution in [2.24, 2.45) is 4.99 Å². The lowest BCUT2D eigenvalue weighted by Gasteiger charge is -2.29. The maximum absolute atomic E-state index is 14.8. The zero-order valence-electron chi connectivity index (χ0n) is 17.6. The summed E-state index contributed by atoms with van der Waals surface area (Å²) in [4.78, 5) is 15.5. The molecule has 6 heteroatoms. The monoisotopic (exact) mass is 416 g/mol. The van der Waals surface area contributed by atoms with Crippen LogP contribution in [-0.2, 0) is 11.2 Å². The molecule has 4 rings (SSSR count). The molecule has 1 fully saturated rings. The van der Waals surface area contributed by atoms with Crippen molar-refractivity contribution < 1.29 is 9.13 Å². The first kappa shape index (κ1) is 20.9. The molecule has 1 saturated heterocycles. The lowest BCUT2D eigenvalue weighted by molar-refractivity contribution is 0.122. The molecule has 31 heavy (non-hydrogen) atoms. The summed E-state index contributed by atoms with van der Waals surface area (Å²) in [7, 11) is 0. The number of hydrogen-bond acceptors (Lipinski definition) is 5. The summed E-state index contributed by atoms with van der Waals surface area (Å²) in [6.45, 7) is 8.72. The van der Waals surface area contributed by atoms with Gasteiger partial charge in [-0.2, -0.15) is 0 Å². The Morgan fingerprint density at radius 3 is 2.81 bits per heavy atom. The van der Waals surface area contributed by atoms with Gasteiger partial charge in [0.1, 0.15) is 12.1 Å². The molecule has 158 valence electrons. The van der Waals surface area contributed by atoms with Crippen molar-refractivity contribution in [3.05, 3.63) is 78.5 Å². The number of hydrogen-bond donors (Lipinski definition) is 0. The first-order chi connectivity index (χ1) is 15.2. The molecule has 0 saturated carbocycles. The maximum atomic E-state index is 14.8. The number of ether oxygens (including phenoxy) is 1. The first-order valence-electron chi connectivity index (χ1n) is 10.4. The van der Waals surface area contributed by atoms with E-state index in [1.165, 1.54) is 12.4 Å². The predicted octanol–water partition coefficient (Wildman–Crippen LogP) is 4.98. The highest BCUT2D eigenvalue weighted by atomic mass is 19.1. The van der Waals surface area contributed by atoms with E-state index in [4.69, 9.17) is 4.74 Å². The van der Waals surface area contributed by atoms with E-state index in [1.54, 1.807) is 18.4 Å². The van der Waals surface area contributed by atoms with E-state index in [9.17, 15) is 4.39 Å². The molecule has 1 aliphatic rings. The second kappa shape index (κ2) is 9.62. The molecule has 0 aliphatic carbocycles. The number of allylic oxidation sites excluding steroid dienone is 3. The normalized spacial score (nSPS) is 15.0. The first-order valence-corrected chi connectivity index (χ1v) is 10.4. The number of aliphatic imine (C=N–C) groups is 1. The summed E-state index contributed by atoms with van der Waals surface area (Å²) in [5, 5.41) is 0.825. The highest BCUT2D eigenvalue weighted by Gasteiger charge is 2.15. The molecule has 0 N–H and O–H groups in total. The van der Waals surface area contributed by atoms with Crippen molar-refractivity contribution in [3.8, 4) is 11.3 Å². The molecular weight excluding hydrogens is 391 g/mol. The summed E-state index contributed by atoms with van der Waals surface area (Å²) in [5.41, 5.74) is 4.79. The summed E-state index contributed by atoms with van der Waals surface area (Å²) in [6, 6.07) is 11.2. The Hall–Kier alpha value is -3.38. The quantitative estimate of drug-likeness (QED) is 0.532. The maximum Gasteiger partial charge on any atom is 0.132 e. The molecule has 0 unspecified atom stereocenters. The number of anilines is 1. The molecule has 1 aliphatic heterocycles. The van der Waals surface area contributed by atoms with E-state index < -0.39 is 0 Å². The Morgan fingerprint density at radius 1 is 1.19 bits per heavy atom. The fourth-order valence-corrected chi connectivity index (χ4v) is 3.72. The second-order valence-electron chi connectivity index (χ2n) is 7.31. The van der Waals surface area contributed by atoms with Crippen LogP contribution < -0.4 is 4.90 Å². The van der Waals surface area contributed by atoms with Crippen molar-refractivity contribution >= 4 is 22.8 Å². The number of rotatable bonds is 6.